The molecule has 0 spiro atoms. The molecule has 0 aromatic rings. The molecule has 1 saturated heterocycles. The van der Waals surface area contributed by atoms with E-state index in [1.165, 1.54) is 0 Å². The van der Waals surface area contributed by atoms with E-state index in [-0.39, 0.29) is 5.54 Å². The lowest BCUT2D eigenvalue weighted by Crippen LogP contribution is -2.56. The number of hydrogen-bond donors (Lipinski definition) is 2. The molecule has 0 aromatic heterocycles. The van der Waals surface area contributed by atoms with E-state index in [9.17, 15) is 0 Å². The summed E-state index contributed by atoms with van der Waals surface area (Å²) in [7, 11) is 0. The molecule has 1 heterocycles. The Labute approximate surface area is 68.5 Å². The van der Waals surface area contributed by atoms with Gasteiger partial charge in [-0.3, -0.25) is 10.6 Å². The Hall–Kier alpha value is -0.120. The van der Waals surface area contributed by atoms with E-state index in [2.05, 4.69) is 31.4 Å². The van der Waals surface area contributed by atoms with Crippen LogP contribution in [0.3, 0.4) is 0 Å². The fraction of sp³-hybridized carbons (Fsp3) is 1.00. The standard InChI is InChI=1S/C8H18N2O/c1-8(2,3)10-7-6-11-5-4-9-7/h7,9-10H,4-6H2,1-3H3. The number of nitrogens with one attached hydrogen (secondary N) is 2. The maximum absolute atomic E-state index is 5.30. The Morgan fingerprint density at radius 3 is 2.64 bits per heavy atom. The molecule has 2 N–H and O–H groups in total. The summed E-state index contributed by atoms with van der Waals surface area (Å²) in [5.74, 6) is 0. The van der Waals surface area contributed by atoms with Crippen molar-refractivity contribution < 1.29 is 4.74 Å². The molecule has 0 radical (unpaired) electrons. The Bertz CT molecular complexity index is 114. The molecule has 0 bridgehead atoms. The number of ether oxygens (including phenoxy) is 1. The highest BCUT2D eigenvalue weighted by molar-refractivity contribution is 4.77. The lowest BCUT2D eigenvalue weighted by Gasteiger charge is -2.31. The van der Waals surface area contributed by atoms with Gasteiger partial charge < -0.3 is 4.74 Å². The molecule has 0 aliphatic carbocycles. The van der Waals surface area contributed by atoms with Crippen molar-refractivity contribution >= 4 is 0 Å². The molecular weight excluding hydrogens is 140 g/mol. The maximum atomic E-state index is 5.30. The van der Waals surface area contributed by atoms with E-state index >= 15 is 0 Å². The van der Waals surface area contributed by atoms with Crippen LogP contribution in [0.1, 0.15) is 20.8 Å². The van der Waals surface area contributed by atoms with Crippen molar-refractivity contribution in [2.24, 2.45) is 0 Å². The zero-order valence-electron chi connectivity index (χ0n) is 7.61. The zero-order valence-corrected chi connectivity index (χ0v) is 7.61. The van der Waals surface area contributed by atoms with Crippen molar-refractivity contribution in [3.8, 4) is 0 Å². The summed E-state index contributed by atoms with van der Waals surface area (Å²) in [5.41, 5.74) is 0.165. The predicted molar refractivity (Wildman–Crippen MR) is 45.5 cm³/mol. The van der Waals surface area contributed by atoms with Crippen molar-refractivity contribution in [2.75, 3.05) is 19.8 Å². The van der Waals surface area contributed by atoms with Crippen LogP contribution in [0, 0.1) is 0 Å². The minimum absolute atomic E-state index is 0.165. The van der Waals surface area contributed by atoms with Crippen LogP contribution in [0.5, 0.6) is 0 Å². The number of morpholine rings is 1. The number of hydrogen-bond acceptors (Lipinski definition) is 3. The van der Waals surface area contributed by atoms with E-state index in [1.54, 1.807) is 0 Å². The average molecular weight is 158 g/mol. The fourth-order valence-corrected chi connectivity index (χ4v) is 1.18. The average Bonchev–Trinajstić information content (AvgIpc) is 1.85. The van der Waals surface area contributed by atoms with E-state index in [4.69, 9.17) is 4.74 Å². The summed E-state index contributed by atoms with van der Waals surface area (Å²) in [5, 5.41) is 6.76. The van der Waals surface area contributed by atoms with E-state index < -0.39 is 0 Å². The minimum atomic E-state index is 0.165. The summed E-state index contributed by atoms with van der Waals surface area (Å²) < 4.78 is 5.30. The van der Waals surface area contributed by atoms with E-state index in [0.29, 0.717) is 6.17 Å². The predicted octanol–water partition coefficient (Wildman–Crippen LogP) is 0.320. The van der Waals surface area contributed by atoms with Crippen LogP contribution in [0.2, 0.25) is 0 Å². The van der Waals surface area contributed by atoms with Gasteiger partial charge in [0.1, 0.15) is 0 Å². The molecule has 1 aliphatic heterocycles. The van der Waals surface area contributed by atoms with Gasteiger partial charge in [0.2, 0.25) is 0 Å². The van der Waals surface area contributed by atoms with Crippen molar-refractivity contribution in [1.29, 1.82) is 0 Å². The van der Waals surface area contributed by atoms with Crippen molar-refractivity contribution in [3.05, 3.63) is 0 Å². The summed E-state index contributed by atoms with van der Waals surface area (Å²) >= 11 is 0. The maximum Gasteiger partial charge on any atom is 0.0817 e. The Morgan fingerprint density at radius 1 is 1.45 bits per heavy atom. The highest BCUT2D eigenvalue weighted by Crippen LogP contribution is 2.01. The van der Waals surface area contributed by atoms with E-state index in [1.807, 2.05) is 0 Å². The molecule has 3 heteroatoms. The van der Waals surface area contributed by atoms with Crippen LogP contribution >= 0.6 is 0 Å². The Kier molecular flexibility index (Phi) is 2.87. The third-order valence-corrected chi connectivity index (χ3v) is 1.53. The second-order valence-electron chi connectivity index (χ2n) is 3.98. The SMILES string of the molecule is CC(C)(C)NC1COCCN1. The summed E-state index contributed by atoms with van der Waals surface area (Å²) in [6, 6.07) is 0. The first-order valence-electron chi connectivity index (χ1n) is 4.17. The molecular formula is C8H18N2O. The lowest BCUT2D eigenvalue weighted by atomic mass is 10.1. The van der Waals surface area contributed by atoms with Crippen LogP contribution in [-0.2, 0) is 4.74 Å². The van der Waals surface area contributed by atoms with Gasteiger partial charge in [0.05, 0.1) is 19.4 Å². The Morgan fingerprint density at radius 2 is 2.18 bits per heavy atom. The molecule has 1 rings (SSSR count). The van der Waals surface area contributed by atoms with Gasteiger partial charge >= 0.3 is 0 Å². The van der Waals surface area contributed by atoms with Crippen LogP contribution in [0.25, 0.3) is 0 Å². The molecule has 66 valence electrons. The van der Waals surface area contributed by atoms with Crippen LogP contribution in [0.4, 0.5) is 0 Å². The second kappa shape index (κ2) is 3.52. The van der Waals surface area contributed by atoms with Crippen molar-refractivity contribution in [1.82, 2.24) is 10.6 Å². The quantitative estimate of drug-likeness (QED) is 0.576. The van der Waals surface area contributed by atoms with Gasteiger partial charge in [0.15, 0.2) is 0 Å². The third-order valence-electron chi connectivity index (χ3n) is 1.53. The number of rotatable bonds is 1. The fourth-order valence-electron chi connectivity index (χ4n) is 1.18. The molecule has 0 amide bonds. The van der Waals surface area contributed by atoms with Crippen molar-refractivity contribution in [2.45, 2.75) is 32.5 Å². The molecule has 11 heavy (non-hydrogen) atoms. The summed E-state index contributed by atoms with van der Waals surface area (Å²) in [6.45, 7) is 9.03. The zero-order chi connectivity index (χ0) is 8.32. The highest BCUT2D eigenvalue weighted by atomic mass is 16.5. The van der Waals surface area contributed by atoms with Gasteiger partial charge in [-0.2, -0.15) is 0 Å². The summed E-state index contributed by atoms with van der Waals surface area (Å²) in [4.78, 5) is 0. The molecule has 1 fully saturated rings. The molecule has 3 nitrogen and oxygen atoms in total. The van der Waals surface area contributed by atoms with Gasteiger partial charge in [0.25, 0.3) is 0 Å². The van der Waals surface area contributed by atoms with E-state index in [0.717, 1.165) is 19.8 Å². The van der Waals surface area contributed by atoms with Gasteiger partial charge in [0, 0.05) is 12.1 Å². The third kappa shape index (κ3) is 3.70. The van der Waals surface area contributed by atoms with Crippen molar-refractivity contribution in [3.63, 3.8) is 0 Å². The Balaban J connectivity index is 2.24. The largest absolute Gasteiger partial charge is 0.377 e. The molecule has 0 saturated carbocycles. The smallest absolute Gasteiger partial charge is 0.0817 e. The van der Waals surface area contributed by atoms with Gasteiger partial charge in [-0.05, 0) is 20.8 Å². The first kappa shape index (κ1) is 8.97. The van der Waals surface area contributed by atoms with Gasteiger partial charge in [-0.25, -0.2) is 0 Å². The second-order valence-corrected chi connectivity index (χ2v) is 3.98. The van der Waals surface area contributed by atoms with Gasteiger partial charge in [-0.1, -0.05) is 0 Å². The molecule has 1 atom stereocenters. The van der Waals surface area contributed by atoms with Crippen LogP contribution < -0.4 is 10.6 Å². The summed E-state index contributed by atoms with van der Waals surface area (Å²) in [6.07, 6.45) is 0.323. The highest BCUT2D eigenvalue weighted by Gasteiger charge is 2.18. The normalized spacial score (nSPS) is 27.0. The van der Waals surface area contributed by atoms with Gasteiger partial charge in [-0.15, -0.1) is 0 Å². The molecule has 0 aromatic carbocycles. The van der Waals surface area contributed by atoms with Crippen LogP contribution in [-0.4, -0.2) is 31.5 Å². The lowest BCUT2D eigenvalue weighted by molar-refractivity contribution is 0.0564. The first-order valence-corrected chi connectivity index (χ1v) is 4.17. The monoisotopic (exact) mass is 158 g/mol. The topological polar surface area (TPSA) is 33.3 Å². The van der Waals surface area contributed by atoms with Crippen LogP contribution in [0.15, 0.2) is 0 Å². The molecule has 1 unspecified atom stereocenters. The minimum Gasteiger partial charge on any atom is -0.377 e. The molecule has 1 aliphatic rings. The first-order chi connectivity index (χ1) is 5.08.